The number of benzene rings is 4. The Bertz CT molecular complexity index is 2220. The second-order valence-electron chi connectivity index (χ2n) is 13.6. The van der Waals surface area contributed by atoms with Gasteiger partial charge in [0.25, 0.3) is 0 Å². The van der Waals surface area contributed by atoms with Crippen molar-refractivity contribution >= 4 is 33.3 Å². The standard InChI is InChI=1S/C43H44N2O4/c1-9-44(10-2)29-15-17-31-25(5)39(41(46)48-37(31)23-29)27-13-19-35-33(21-27)34-22-28(14-20-36(34)43(35,7)8)40-26(6)32-18-16-30(45(11-3)12-4)24-38(32)49-42(40)47/h13-24H,9-12H2,1-8H3. The Kier molecular flexibility index (Phi) is 8.01. The van der Waals surface area contributed by atoms with Gasteiger partial charge >= 0.3 is 11.3 Å². The van der Waals surface area contributed by atoms with Crippen LogP contribution in [0.15, 0.2) is 91.2 Å². The van der Waals surface area contributed by atoms with Crippen LogP contribution in [0.1, 0.15) is 63.8 Å². The summed E-state index contributed by atoms with van der Waals surface area (Å²) in [4.78, 5) is 31.7. The van der Waals surface area contributed by atoms with Crippen LogP contribution in [0.2, 0.25) is 0 Å². The summed E-state index contributed by atoms with van der Waals surface area (Å²) in [5.41, 5.74) is 11.4. The zero-order chi connectivity index (χ0) is 34.8. The Morgan fingerprint density at radius 2 is 0.939 bits per heavy atom. The first-order valence-corrected chi connectivity index (χ1v) is 17.5. The molecule has 0 fully saturated rings. The van der Waals surface area contributed by atoms with Crippen molar-refractivity contribution in [3.8, 4) is 33.4 Å². The molecular weight excluding hydrogens is 608 g/mol. The predicted octanol–water partition coefficient (Wildman–Crippen LogP) is 9.85. The molecule has 6 nitrogen and oxygen atoms in total. The summed E-state index contributed by atoms with van der Waals surface area (Å²) >= 11 is 0. The van der Waals surface area contributed by atoms with Crippen LogP contribution in [-0.2, 0) is 5.41 Å². The fourth-order valence-corrected chi connectivity index (χ4v) is 8.01. The molecule has 6 aromatic rings. The number of anilines is 2. The number of nitrogens with zero attached hydrogens (tertiary/aromatic N) is 2. The van der Waals surface area contributed by atoms with Crippen molar-refractivity contribution in [1.29, 1.82) is 0 Å². The summed E-state index contributed by atoms with van der Waals surface area (Å²) < 4.78 is 12.0. The van der Waals surface area contributed by atoms with E-state index in [1.165, 1.54) is 11.1 Å². The minimum absolute atomic E-state index is 0.254. The van der Waals surface area contributed by atoms with E-state index in [4.69, 9.17) is 8.83 Å². The third kappa shape index (κ3) is 5.08. The van der Waals surface area contributed by atoms with E-state index in [9.17, 15) is 9.59 Å². The van der Waals surface area contributed by atoms with Gasteiger partial charge in [-0.3, -0.25) is 0 Å². The lowest BCUT2D eigenvalue weighted by Crippen LogP contribution is -2.21. The van der Waals surface area contributed by atoms with Gasteiger partial charge in [0.15, 0.2) is 0 Å². The van der Waals surface area contributed by atoms with Crippen molar-refractivity contribution in [3.63, 3.8) is 0 Å². The average molecular weight is 653 g/mol. The Labute approximate surface area is 287 Å². The van der Waals surface area contributed by atoms with Crippen LogP contribution in [0.25, 0.3) is 55.3 Å². The van der Waals surface area contributed by atoms with Gasteiger partial charge in [0.1, 0.15) is 11.2 Å². The quantitative estimate of drug-likeness (QED) is 0.153. The molecule has 250 valence electrons. The topological polar surface area (TPSA) is 66.9 Å². The van der Waals surface area contributed by atoms with Crippen molar-refractivity contribution in [3.05, 3.63) is 116 Å². The smallest absolute Gasteiger partial charge is 0.344 e. The molecule has 1 aliphatic carbocycles. The summed E-state index contributed by atoms with van der Waals surface area (Å²) in [6.45, 7) is 20.4. The van der Waals surface area contributed by atoms with E-state index in [0.717, 1.165) is 81.7 Å². The van der Waals surface area contributed by atoms with E-state index < -0.39 is 0 Å². The monoisotopic (exact) mass is 652 g/mol. The van der Waals surface area contributed by atoms with Crippen molar-refractivity contribution in [1.82, 2.24) is 0 Å². The Morgan fingerprint density at radius 3 is 1.31 bits per heavy atom. The second-order valence-corrected chi connectivity index (χ2v) is 13.6. The molecule has 0 aliphatic heterocycles. The molecule has 2 aromatic heterocycles. The SMILES string of the molecule is CCN(CC)c1ccc2c(C)c(-c3ccc4c(c3)-c3cc(-c5c(C)c6ccc(N(CC)CC)cc6oc5=O)ccc3C4(C)C)c(=O)oc2c1. The minimum atomic E-state index is -0.346. The van der Waals surface area contributed by atoms with Gasteiger partial charge in [-0.1, -0.05) is 38.1 Å². The molecule has 0 saturated carbocycles. The van der Waals surface area contributed by atoms with Gasteiger partial charge in [-0.2, -0.15) is 0 Å². The highest BCUT2D eigenvalue weighted by Crippen LogP contribution is 2.51. The van der Waals surface area contributed by atoms with Gasteiger partial charge in [-0.15, -0.1) is 0 Å². The molecule has 0 amide bonds. The van der Waals surface area contributed by atoms with Gasteiger partial charge in [-0.25, -0.2) is 9.59 Å². The van der Waals surface area contributed by atoms with Gasteiger partial charge in [-0.05, 0) is 122 Å². The van der Waals surface area contributed by atoms with E-state index in [2.05, 4.69) is 99.9 Å². The predicted molar refractivity (Wildman–Crippen MR) is 204 cm³/mol. The summed E-state index contributed by atoms with van der Waals surface area (Å²) in [5, 5.41) is 1.86. The van der Waals surface area contributed by atoms with Gasteiger partial charge in [0.2, 0.25) is 0 Å². The van der Waals surface area contributed by atoms with E-state index in [1.54, 1.807) is 0 Å². The van der Waals surface area contributed by atoms with E-state index in [1.807, 2.05) is 38.1 Å². The number of fused-ring (bicyclic) bond motifs is 5. The maximum atomic E-state index is 13.6. The maximum Gasteiger partial charge on any atom is 0.344 e. The largest absolute Gasteiger partial charge is 0.422 e. The van der Waals surface area contributed by atoms with Crippen molar-refractivity contribution < 1.29 is 8.83 Å². The van der Waals surface area contributed by atoms with Gasteiger partial charge < -0.3 is 18.6 Å². The Balaban J connectivity index is 1.35. The molecule has 7 rings (SSSR count). The van der Waals surface area contributed by atoms with Crippen LogP contribution in [0.3, 0.4) is 0 Å². The molecule has 2 heterocycles. The molecule has 0 N–H and O–H groups in total. The Hall–Kier alpha value is -5.10. The van der Waals surface area contributed by atoms with E-state index in [0.29, 0.717) is 22.3 Å². The number of aryl methyl sites for hydroxylation is 2. The Morgan fingerprint density at radius 1 is 0.551 bits per heavy atom. The third-order valence-corrected chi connectivity index (χ3v) is 10.8. The first-order chi connectivity index (χ1) is 23.5. The molecule has 1 aliphatic rings. The van der Waals surface area contributed by atoms with Crippen LogP contribution < -0.4 is 21.1 Å². The number of rotatable bonds is 8. The first-order valence-electron chi connectivity index (χ1n) is 17.5. The van der Waals surface area contributed by atoms with Crippen molar-refractivity contribution in [2.45, 2.75) is 60.8 Å². The highest BCUT2D eigenvalue weighted by molar-refractivity contribution is 5.93. The molecule has 0 bridgehead atoms. The number of hydrogen-bond acceptors (Lipinski definition) is 6. The van der Waals surface area contributed by atoms with Crippen LogP contribution in [0, 0.1) is 13.8 Å². The fraction of sp³-hybridized carbons (Fsp3) is 0.302. The first kappa shape index (κ1) is 32.4. The van der Waals surface area contributed by atoms with Crippen LogP contribution in [0.5, 0.6) is 0 Å². The molecule has 0 unspecified atom stereocenters. The average Bonchev–Trinajstić information content (AvgIpc) is 3.31. The molecular formula is C43H44N2O4. The zero-order valence-corrected chi connectivity index (χ0v) is 29.8. The lowest BCUT2D eigenvalue weighted by molar-refractivity contribution is 0.562. The van der Waals surface area contributed by atoms with Crippen molar-refractivity contribution in [2.24, 2.45) is 0 Å². The lowest BCUT2D eigenvalue weighted by Gasteiger charge is -2.22. The molecule has 0 radical (unpaired) electrons. The molecule has 0 spiro atoms. The van der Waals surface area contributed by atoms with E-state index in [-0.39, 0.29) is 16.7 Å². The maximum absolute atomic E-state index is 13.6. The van der Waals surface area contributed by atoms with Crippen LogP contribution in [-0.4, -0.2) is 26.2 Å². The lowest BCUT2D eigenvalue weighted by atomic mass is 9.81. The van der Waals surface area contributed by atoms with Crippen molar-refractivity contribution in [2.75, 3.05) is 36.0 Å². The van der Waals surface area contributed by atoms with Gasteiger partial charge in [0, 0.05) is 65.9 Å². The fourth-order valence-electron chi connectivity index (χ4n) is 8.01. The summed E-state index contributed by atoms with van der Waals surface area (Å²) in [6, 6.07) is 24.9. The summed E-state index contributed by atoms with van der Waals surface area (Å²) in [7, 11) is 0. The van der Waals surface area contributed by atoms with Crippen LogP contribution in [0.4, 0.5) is 11.4 Å². The summed E-state index contributed by atoms with van der Waals surface area (Å²) in [5.74, 6) is 0. The normalized spacial score (nSPS) is 13.1. The molecule has 6 heteroatoms. The highest BCUT2D eigenvalue weighted by atomic mass is 16.4. The third-order valence-electron chi connectivity index (χ3n) is 10.8. The number of hydrogen-bond donors (Lipinski definition) is 0. The molecule has 0 saturated heterocycles. The highest BCUT2D eigenvalue weighted by Gasteiger charge is 2.36. The zero-order valence-electron chi connectivity index (χ0n) is 29.8. The minimum Gasteiger partial charge on any atom is -0.422 e. The van der Waals surface area contributed by atoms with E-state index >= 15 is 0 Å². The van der Waals surface area contributed by atoms with Gasteiger partial charge in [0.05, 0.1) is 11.1 Å². The molecule has 4 aromatic carbocycles. The molecule has 49 heavy (non-hydrogen) atoms. The molecule has 0 atom stereocenters. The second kappa shape index (κ2) is 12.1. The van der Waals surface area contributed by atoms with Crippen LogP contribution >= 0.6 is 0 Å². The summed E-state index contributed by atoms with van der Waals surface area (Å²) in [6.07, 6.45) is 0.